The Labute approximate surface area is 115 Å². The molecule has 0 unspecified atom stereocenters. The molecule has 6 nitrogen and oxygen atoms in total. The fourth-order valence-corrected chi connectivity index (χ4v) is 2.98. The Kier molecular flexibility index (Phi) is 5.76. The highest BCUT2D eigenvalue weighted by molar-refractivity contribution is 7.88. The SMILES string of the molecule is CC(C)[C@H](N)C(=O)NCC1CCN(S(C)(=O)=O)CC1. The number of carbonyl (C=O) groups is 1. The van der Waals surface area contributed by atoms with E-state index in [-0.39, 0.29) is 11.8 Å². The van der Waals surface area contributed by atoms with Gasteiger partial charge in [-0.2, -0.15) is 0 Å². The molecule has 0 aliphatic carbocycles. The van der Waals surface area contributed by atoms with Crippen molar-refractivity contribution in [1.29, 1.82) is 0 Å². The predicted octanol–water partition coefficient (Wildman–Crippen LogP) is -0.242. The monoisotopic (exact) mass is 291 g/mol. The highest BCUT2D eigenvalue weighted by atomic mass is 32.2. The Morgan fingerprint density at radius 2 is 1.89 bits per heavy atom. The summed E-state index contributed by atoms with van der Waals surface area (Å²) in [7, 11) is -3.08. The lowest BCUT2D eigenvalue weighted by Crippen LogP contribution is -2.47. The summed E-state index contributed by atoms with van der Waals surface area (Å²) >= 11 is 0. The Morgan fingerprint density at radius 1 is 1.37 bits per heavy atom. The van der Waals surface area contributed by atoms with Crippen LogP contribution in [0.2, 0.25) is 0 Å². The predicted molar refractivity (Wildman–Crippen MR) is 75.0 cm³/mol. The first-order valence-electron chi connectivity index (χ1n) is 6.70. The Morgan fingerprint density at radius 3 is 2.32 bits per heavy atom. The van der Waals surface area contributed by atoms with E-state index >= 15 is 0 Å². The lowest BCUT2D eigenvalue weighted by Gasteiger charge is -2.30. The summed E-state index contributed by atoms with van der Waals surface area (Å²) in [6, 6.07) is -0.476. The number of hydrogen-bond donors (Lipinski definition) is 2. The van der Waals surface area contributed by atoms with Crippen molar-refractivity contribution in [3.05, 3.63) is 0 Å². The van der Waals surface area contributed by atoms with Gasteiger partial charge < -0.3 is 11.1 Å². The van der Waals surface area contributed by atoms with Gasteiger partial charge in [0.1, 0.15) is 0 Å². The van der Waals surface area contributed by atoms with Gasteiger partial charge in [-0.3, -0.25) is 4.79 Å². The molecule has 1 atom stereocenters. The Balaban J connectivity index is 2.32. The van der Waals surface area contributed by atoms with Crippen LogP contribution >= 0.6 is 0 Å². The van der Waals surface area contributed by atoms with Crippen molar-refractivity contribution in [2.75, 3.05) is 25.9 Å². The van der Waals surface area contributed by atoms with Crippen molar-refractivity contribution in [2.45, 2.75) is 32.7 Å². The Bertz CT molecular complexity index is 400. The average molecular weight is 291 g/mol. The van der Waals surface area contributed by atoms with E-state index in [1.54, 1.807) is 0 Å². The van der Waals surface area contributed by atoms with Gasteiger partial charge >= 0.3 is 0 Å². The second-order valence-corrected chi connectivity index (χ2v) is 7.60. The molecule has 0 saturated carbocycles. The summed E-state index contributed by atoms with van der Waals surface area (Å²) in [4.78, 5) is 11.7. The van der Waals surface area contributed by atoms with Crippen LogP contribution in [-0.4, -0.2) is 50.6 Å². The molecule has 0 aromatic rings. The van der Waals surface area contributed by atoms with Crippen LogP contribution < -0.4 is 11.1 Å². The maximum Gasteiger partial charge on any atom is 0.237 e. The second-order valence-electron chi connectivity index (χ2n) is 5.62. The molecule has 0 aromatic heterocycles. The number of nitrogens with one attached hydrogen (secondary N) is 1. The summed E-state index contributed by atoms with van der Waals surface area (Å²) in [6.07, 6.45) is 2.80. The van der Waals surface area contributed by atoms with Crippen LogP contribution in [0.15, 0.2) is 0 Å². The molecule has 7 heteroatoms. The molecule has 0 radical (unpaired) electrons. The molecule has 1 heterocycles. The molecule has 1 aliphatic rings. The van der Waals surface area contributed by atoms with Crippen LogP contribution in [0.3, 0.4) is 0 Å². The topological polar surface area (TPSA) is 92.5 Å². The normalized spacial score (nSPS) is 20.5. The molecule has 19 heavy (non-hydrogen) atoms. The molecule has 0 bridgehead atoms. The Hall–Kier alpha value is -0.660. The van der Waals surface area contributed by atoms with Crippen LogP contribution in [0.25, 0.3) is 0 Å². The third kappa shape index (κ3) is 5.08. The van der Waals surface area contributed by atoms with Crippen molar-refractivity contribution < 1.29 is 13.2 Å². The van der Waals surface area contributed by atoms with E-state index in [4.69, 9.17) is 5.73 Å². The van der Waals surface area contributed by atoms with Gasteiger partial charge in [0, 0.05) is 19.6 Å². The first-order valence-corrected chi connectivity index (χ1v) is 8.55. The molecular formula is C12H25N3O3S. The molecule has 0 spiro atoms. The third-order valence-electron chi connectivity index (χ3n) is 3.63. The van der Waals surface area contributed by atoms with Crippen molar-refractivity contribution in [2.24, 2.45) is 17.6 Å². The molecule has 1 amide bonds. The van der Waals surface area contributed by atoms with Gasteiger partial charge in [0.2, 0.25) is 15.9 Å². The van der Waals surface area contributed by atoms with Gasteiger partial charge in [-0.1, -0.05) is 13.8 Å². The number of rotatable bonds is 5. The number of hydrogen-bond acceptors (Lipinski definition) is 4. The minimum Gasteiger partial charge on any atom is -0.354 e. The summed E-state index contributed by atoms with van der Waals surface area (Å²) < 4.78 is 24.2. The van der Waals surface area contributed by atoms with Crippen LogP contribution in [0.5, 0.6) is 0 Å². The van der Waals surface area contributed by atoms with E-state index in [9.17, 15) is 13.2 Å². The first-order chi connectivity index (χ1) is 8.71. The lowest BCUT2D eigenvalue weighted by molar-refractivity contribution is -0.123. The standard InChI is InChI=1S/C12H25N3O3S/c1-9(2)11(13)12(16)14-8-10-4-6-15(7-5-10)19(3,17)18/h9-11H,4-8,13H2,1-3H3,(H,14,16)/t11-/m0/s1. The minimum atomic E-state index is -3.08. The number of piperidine rings is 1. The zero-order valence-electron chi connectivity index (χ0n) is 11.9. The maximum absolute atomic E-state index is 11.7. The fourth-order valence-electron chi connectivity index (χ4n) is 2.11. The maximum atomic E-state index is 11.7. The van der Waals surface area contributed by atoms with Gasteiger partial charge in [0.15, 0.2) is 0 Å². The molecular weight excluding hydrogens is 266 g/mol. The van der Waals surface area contributed by atoms with Gasteiger partial charge in [-0.05, 0) is 24.7 Å². The molecule has 1 fully saturated rings. The van der Waals surface area contributed by atoms with Crippen LogP contribution in [0.1, 0.15) is 26.7 Å². The lowest BCUT2D eigenvalue weighted by atomic mass is 9.97. The van der Waals surface area contributed by atoms with Crippen LogP contribution in [0, 0.1) is 11.8 Å². The van der Waals surface area contributed by atoms with E-state index in [1.165, 1.54) is 10.6 Å². The van der Waals surface area contributed by atoms with Gasteiger partial charge in [-0.25, -0.2) is 12.7 Å². The highest BCUT2D eigenvalue weighted by Crippen LogP contribution is 2.18. The zero-order chi connectivity index (χ0) is 14.6. The minimum absolute atomic E-state index is 0.118. The highest BCUT2D eigenvalue weighted by Gasteiger charge is 2.25. The zero-order valence-corrected chi connectivity index (χ0v) is 12.7. The van der Waals surface area contributed by atoms with Gasteiger partial charge in [0.25, 0.3) is 0 Å². The average Bonchev–Trinajstić information content (AvgIpc) is 2.34. The van der Waals surface area contributed by atoms with Crippen LogP contribution in [-0.2, 0) is 14.8 Å². The molecule has 3 N–H and O–H groups in total. The smallest absolute Gasteiger partial charge is 0.237 e. The second kappa shape index (κ2) is 6.67. The summed E-state index contributed by atoms with van der Waals surface area (Å²) in [5, 5.41) is 2.86. The number of nitrogens with zero attached hydrogens (tertiary/aromatic N) is 1. The van der Waals surface area contributed by atoms with E-state index in [1.807, 2.05) is 13.8 Å². The molecule has 0 aromatic carbocycles. The molecule has 1 rings (SSSR count). The van der Waals surface area contributed by atoms with Gasteiger partial charge in [0.05, 0.1) is 12.3 Å². The van der Waals surface area contributed by atoms with Gasteiger partial charge in [-0.15, -0.1) is 0 Å². The van der Waals surface area contributed by atoms with Crippen molar-refractivity contribution in [1.82, 2.24) is 9.62 Å². The molecule has 1 saturated heterocycles. The fraction of sp³-hybridized carbons (Fsp3) is 0.917. The van der Waals surface area contributed by atoms with Crippen molar-refractivity contribution in [3.8, 4) is 0 Å². The van der Waals surface area contributed by atoms with E-state index in [0.29, 0.717) is 25.6 Å². The summed E-state index contributed by atoms with van der Waals surface area (Å²) in [6.45, 7) is 5.48. The molecule has 112 valence electrons. The molecule has 1 aliphatic heterocycles. The van der Waals surface area contributed by atoms with E-state index < -0.39 is 16.1 Å². The quantitative estimate of drug-likeness (QED) is 0.731. The van der Waals surface area contributed by atoms with E-state index in [2.05, 4.69) is 5.32 Å². The first kappa shape index (κ1) is 16.4. The number of carbonyl (C=O) groups excluding carboxylic acids is 1. The summed E-state index contributed by atoms with van der Waals surface area (Å²) in [5.41, 5.74) is 5.76. The number of amides is 1. The summed E-state index contributed by atoms with van der Waals surface area (Å²) in [5.74, 6) is 0.328. The van der Waals surface area contributed by atoms with Crippen LogP contribution in [0.4, 0.5) is 0 Å². The number of nitrogens with two attached hydrogens (primary N) is 1. The number of sulfonamides is 1. The third-order valence-corrected chi connectivity index (χ3v) is 4.93. The van der Waals surface area contributed by atoms with Crippen molar-refractivity contribution >= 4 is 15.9 Å². The largest absolute Gasteiger partial charge is 0.354 e. The van der Waals surface area contributed by atoms with E-state index in [0.717, 1.165) is 12.8 Å². The van der Waals surface area contributed by atoms with Crippen molar-refractivity contribution in [3.63, 3.8) is 0 Å².